The van der Waals surface area contributed by atoms with Gasteiger partial charge in [-0.25, -0.2) is 9.59 Å². The van der Waals surface area contributed by atoms with Gasteiger partial charge in [-0.1, -0.05) is 37.3 Å². The zero-order chi connectivity index (χ0) is 19.7. The van der Waals surface area contributed by atoms with Crippen LogP contribution < -0.4 is 10.6 Å². The molecule has 0 heterocycles. The number of esters is 1. The van der Waals surface area contributed by atoms with Crippen LogP contribution in [0.25, 0.3) is 0 Å². The van der Waals surface area contributed by atoms with Crippen LogP contribution in [0.2, 0.25) is 0 Å². The number of carbonyl (C=O) groups excluding carboxylic acids is 3. The number of nitrogens with one attached hydrogen (secondary N) is 2. The highest BCUT2D eigenvalue weighted by Crippen LogP contribution is 2.07. The Balaban J connectivity index is 2.49. The van der Waals surface area contributed by atoms with Gasteiger partial charge >= 0.3 is 12.1 Å². The molecule has 0 aliphatic heterocycles. The maximum absolute atomic E-state index is 12.3. The molecule has 144 valence electrons. The molecule has 2 N–H and O–H groups in total. The third kappa shape index (κ3) is 8.00. The van der Waals surface area contributed by atoms with Crippen molar-refractivity contribution in [3.8, 4) is 0 Å². The molecule has 7 nitrogen and oxygen atoms in total. The normalized spacial score (nSPS) is 13.3. The van der Waals surface area contributed by atoms with E-state index in [2.05, 4.69) is 10.6 Å². The largest absolute Gasteiger partial charge is 0.459 e. The van der Waals surface area contributed by atoms with Gasteiger partial charge < -0.3 is 20.1 Å². The predicted octanol–water partition coefficient (Wildman–Crippen LogP) is 2.54. The lowest BCUT2D eigenvalue weighted by Gasteiger charge is -2.23. The lowest BCUT2D eigenvalue weighted by Crippen LogP contribution is -2.51. The maximum atomic E-state index is 12.3. The number of amides is 2. The van der Waals surface area contributed by atoms with Crippen LogP contribution in [-0.4, -0.2) is 35.7 Å². The summed E-state index contributed by atoms with van der Waals surface area (Å²) in [5.41, 5.74) is 0.199. The molecule has 0 spiro atoms. The van der Waals surface area contributed by atoms with Gasteiger partial charge in [-0.05, 0) is 39.7 Å². The molecule has 0 radical (unpaired) electrons. The standard InChI is InChI=1S/C19H28N2O5/c1-6-15(21-18(24)26-19(3,4)5)16(22)20-13(2)17(23)25-12-14-10-8-7-9-11-14/h7-11,13,15H,6,12H2,1-5H3,(H,20,22)(H,21,24)/t13-,15+/m0/s1. The first kappa shape index (κ1) is 21.5. The molecule has 2 amide bonds. The summed E-state index contributed by atoms with van der Waals surface area (Å²) in [6, 6.07) is 7.62. The quantitative estimate of drug-likeness (QED) is 0.725. The zero-order valence-corrected chi connectivity index (χ0v) is 16.0. The van der Waals surface area contributed by atoms with Crippen molar-refractivity contribution in [3.05, 3.63) is 35.9 Å². The molecule has 1 rings (SSSR count). The van der Waals surface area contributed by atoms with E-state index in [0.29, 0.717) is 6.42 Å². The molecule has 0 unspecified atom stereocenters. The van der Waals surface area contributed by atoms with Gasteiger partial charge in [0, 0.05) is 0 Å². The first-order valence-electron chi connectivity index (χ1n) is 8.63. The van der Waals surface area contributed by atoms with Crippen LogP contribution in [0.5, 0.6) is 0 Å². The number of hydrogen-bond acceptors (Lipinski definition) is 5. The van der Waals surface area contributed by atoms with E-state index in [-0.39, 0.29) is 6.61 Å². The number of hydrogen-bond donors (Lipinski definition) is 2. The van der Waals surface area contributed by atoms with Crippen molar-refractivity contribution in [2.45, 2.75) is 65.3 Å². The van der Waals surface area contributed by atoms with Crippen molar-refractivity contribution < 1.29 is 23.9 Å². The fraction of sp³-hybridized carbons (Fsp3) is 0.526. The molecular formula is C19H28N2O5. The molecule has 7 heteroatoms. The smallest absolute Gasteiger partial charge is 0.408 e. The summed E-state index contributed by atoms with van der Waals surface area (Å²) in [7, 11) is 0. The van der Waals surface area contributed by atoms with Gasteiger partial charge in [0.15, 0.2) is 0 Å². The minimum atomic E-state index is -0.833. The van der Waals surface area contributed by atoms with E-state index < -0.39 is 35.7 Å². The van der Waals surface area contributed by atoms with Crippen LogP contribution in [-0.2, 0) is 25.7 Å². The first-order valence-corrected chi connectivity index (χ1v) is 8.63. The molecule has 0 aliphatic rings. The molecule has 2 atom stereocenters. The minimum Gasteiger partial charge on any atom is -0.459 e. The molecule has 26 heavy (non-hydrogen) atoms. The first-order chi connectivity index (χ1) is 12.1. The summed E-state index contributed by atoms with van der Waals surface area (Å²) in [6.45, 7) is 8.62. The Morgan fingerprint density at radius 3 is 2.23 bits per heavy atom. The van der Waals surface area contributed by atoms with Gasteiger partial charge in [-0.2, -0.15) is 0 Å². The molecule has 1 aromatic rings. The molecule has 0 fully saturated rings. The summed E-state index contributed by atoms with van der Waals surface area (Å²) in [4.78, 5) is 36.1. The Morgan fingerprint density at radius 2 is 1.69 bits per heavy atom. The third-order valence-corrected chi connectivity index (χ3v) is 3.35. The average Bonchev–Trinajstić information content (AvgIpc) is 2.56. The lowest BCUT2D eigenvalue weighted by atomic mass is 10.2. The van der Waals surface area contributed by atoms with E-state index in [9.17, 15) is 14.4 Å². The lowest BCUT2D eigenvalue weighted by molar-refractivity contribution is -0.148. The molecule has 0 aromatic heterocycles. The highest BCUT2D eigenvalue weighted by atomic mass is 16.6. The van der Waals surface area contributed by atoms with Gasteiger partial charge in [0.25, 0.3) is 0 Å². The molecular weight excluding hydrogens is 336 g/mol. The van der Waals surface area contributed by atoms with Gasteiger partial charge in [0.05, 0.1) is 0 Å². The fourth-order valence-corrected chi connectivity index (χ4v) is 2.03. The van der Waals surface area contributed by atoms with Crippen LogP contribution in [0.3, 0.4) is 0 Å². The summed E-state index contributed by atoms with van der Waals surface area (Å²) >= 11 is 0. The summed E-state index contributed by atoms with van der Waals surface area (Å²) < 4.78 is 10.3. The van der Waals surface area contributed by atoms with E-state index in [4.69, 9.17) is 9.47 Å². The predicted molar refractivity (Wildman–Crippen MR) is 97.3 cm³/mol. The van der Waals surface area contributed by atoms with E-state index in [1.165, 1.54) is 6.92 Å². The van der Waals surface area contributed by atoms with Gasteiger partial charge in [0.1, 0.15) is 24.3 Å². The van der Waals surface area contributed by atoms with Crippen LogP contribution in [0.1, 0.15) is 46.6 Å². The minimum absolute atomic E-state index is 0.132. The van der Waals surface area contributed by atoms with E-state index in [1.807, 2.05) is 30.3 Å². The van der Waals surface area contributed by atoms with E-state index in [1.54, 1.807) is 27.7 Å². The second kappa shape index (κ2) is 9.79. The van der Waals surface area contributed by atoms with Crippen molar-refractivity contribution in [2.75, 3.05) is 0 Å². The van der Waals surface area contributed by atoms with Crippen molar-refractivity contribution in [3.63, 3.8) is 0 Å². The van der Waals surface area contributed by atoms with Crippen molar-refractivity contribution in [2.24, 2.45) is 0 Å². The van der Waals surface area contributed by atoms with Crippen LogP contribution in [0.15, 0.2) is 30.3 Å². The zero-order valence-electron chi connectivity index (χ0n) is 16.0. The summed E-state index contributed by atoms with van der Waals surface area (Å²) in [6.07, 6.45) is -0.324. The molecule has 0 bridgehead atoms. The van der Waals surface area contributed by atoms with Crippen molar-refractivity contribution in [1.29, 1.82) is 0 Å². The number of ether oxygens (including phenoxy) is 2. The number of rotatable bonds is 7. The molecule has 1 aromatic carbocycles. The Bertz CT molecular complexity index is 610. The van der Waals surface area contributed by atoms with Crippen molar-refractivity contribution in [1.82, 2.24) is 10.6 Å². The third-order valence-electron chi connectivity index (χ3n) is 3.35. The average molecular weight is 364 g/mol. The maximum Gasteiger partial charge on any atom is 0.408 e. The Hall–Kier alpha value is -2.57. The molecule has 0 saturated carbocycles. The van der Waals surface area contributed by atoms with Crippen LogP contribution in [0.4, 0.5) is 4.79 Å². The second-order valence-electron chi connectivity index (χ2n) is 6.93. The monoisotopic (exact) mass is 364 g/mol. The second-order valence-corrected chi connectivity index (χ2v) is 6.93. The summed E-state index contributed by atoms with van der Waals surface area (Å²) in [5.74, 6) is -1.02. The van der Waals surface area contributed by atoms with Crippen LogP contribution >= 0.6 is 0 Å². The number of benzene rings is 1. The van der Waals surface area contributed by atoms with Crippen LogP contribution in [0, 0.1) is 0 Å². The molecule has 0 saturated heterocycles. The molecule has 0 aliphatic carbocycles. The van der Waals surface area contributed by atoms with E-state index in [0.717, 1.165) is 5.56 Å². The fourth-order valence-electron chi connectivity index (χ4n) is 2.03. The highest BCUT2D eigenvalue weighted by Gasteiger charge is 2.26. The van der Waals surface area contributed by atoms with Gasteiger partial charge in [-0.3, -0.25) is 4.79 Å². The number of carbonyl (C=O) groups is 3. The van der Waals surface area contributed by atoms with Crippen molar-refractivity contribution >= 4 is 18.0 Å². The summed E-state index contributed by atoms with van der Waals surface area (Å²) in [5, 5.41) is 5.05. The topological polar surface area (TPSA) is 93.7 Å². The van der Waals surface area contributed by atoms with E-state index >= 15 is 0 Å². The Morgan fingerprint density at radius 1 is 1.08 bits per heavy atom. The highest BCUT2D eigenvalue weighted by molar-refractivity contribution is 5.89. The Kier molecular flexibility index (Phi) is 8.09. The number of alkyl carbamates (subject to hydrolysis) is 1. The van der Waals surface area contributed by atoms with Gasteiger partial charge in [-0.15, -0.1) is 0 Å². The SMILES string of the molecule is CC[C@@H](NC(=O)OC(C)(C)C)C(=O)N[C@@H](C)C(=O)OCc1ccccc1. The van der Waals surface area contributed by atoms with Gasteiger partial charge in [0.2, 0.25) is 5.91 Å². The Labute approximate surface area is 154 Å².